The summed E-state index contributed by atoms with van der Waals surface area (Å²) in [6, 6.07) is 0. The van der Waals surface area contributed by atoms with Crippen molar-refractivity contribution >= 4 is 17.9 Å². The van der Waals surface area contributed by atoms with Gasteiger partial charge in [0.25, 0.3) is 0 Å². The summed E-state index contributed by atoms with van der Waals surface area (Å²) >= 11 is 0. The van der Waals surface area contributed by atoms with Crippen LogP contribution in [0.15, 0.2) is 146 Å². The Bertz CT molecular complexity index is 1640. The molecule has 74 heavy (non-hydrogen) atoms. The van der Waals surface area contributed by atoms with Crippen LogP contribution in [0, 0.1) is 0 Å². The number of rotatable bonds is 52. The number of carbonyl (C=O) groups is 3. The molecule has 0 fully saturated rings. The van der Waals surface area contributed by atoms with Gasteiger partial charge in [-0.1, -0.05) is 250 Å². The highest BCUT2D eigenvalue weighted by Gasteiger charge is 2.19. The second-order valence-corrected chi connectivity index (χ2v) is 19.1. The first-order valence-electron chi connectivity index (χ1n) is 29.8. The van der Waals surface area contributed by atoms with E-state index in [-0.39, 0.29) is 37.5 Å². The molecular formula is C68H108O6. The number of hydrogen-bond acceptors (Lipinski definition) is 6. The lowest BCUT2D eigenvalue weighted by Gasteiger charge is -2.18. The predicted octanol–water partition coefficient (Wildman–Crippen LogP) is 20.4. The number of ether oxygens (including phenoxy) is 3. The van der Waals surface area contributed by atoms with Crippen LogP contribution in [0.4, 0.5) is 0 Å². The summed E-state index contributed by atoms with van der Waals surface area (Å²) in [4.78, 5) is 38.1. The molecule has 0 heterocycles. The molecule has 0 spiro atoms. The summed E-state index contributed by atoms with van der Waals surface area (Å²) in [7, 11) is 0. The first kappa shape index (κ1) is 69.3. The molecule has 416 valence electrons. The van der Waals surface area contributed by atoms with Crippen LogP contribution in [0.5, 0.6) is 0 Å². The van der Waals surface area contributed by atoms with Crippen molar-refractivity contribution in [2.75, 3.05) is 13.2 Å². The quantitative estimate of drug-likeness (QED) is 0.0261. The Labute approximate surface area is 455 Å². The maximum absolute atomic E-state index is 12.8. The summed E-state index contributed by atoms with van der Waals surface area (Å²) in [6.45, 7) is 6.34. The Morgan fingerprint density at radius 3 is 0.824 bits per heavy atom. The normalized spacial score (nSPS) is 13.2. The van der Waals surface area contributed by atoms with Gasteiger partial charge >= 0.3 is 17.9 Å². The van der Waals surface area contributed by atoms with Crippen molar-refractivity contribution in [3.05, 3.63) is 146 Å². The zero-order valence-electron chi connectivity index (χ0n) is 47.5. The van der Waals surface area contributed by atoms with Crippen molar-refractivity contribution in [2.45, 2.75) is 252 Å². The van der Waals surface area contributed by atoms with Gasteiger partial charge in [0.2, 0.25) is 0 Å². The molecule has 0 amide bonds. The van der Waals surface area contributed by atoms with Crippen molar-refractivity contribution in [2.24, 2.45) is 0 Å². The minimum absolute atomic E-state index is 0.104. The average molecular weight is 1020 g/mol. The second-order valence-electron chi connectivity index (χ2n) is 19.1. The number of carbonyl (C=O) groups excluding carboxylic acids is 3. The second kappa shape index (κ2) is 60.8. The van der Waals surface area contributed by atoms with Crippen molar-refractivity contribution in [1.82, 2.24) is 0 Å². The molecule has 6 heteroatoms. The van der Waals surface area contributed by atoms with Gasteiger partial charge < -0.3 is 14.2 Å². The predicted molar refractivity (Wildman–Crippen MR) is 320 cm³/mol. The van der Waals surface area contributed by atoms with E-state index in [4.69, 9.17) is 14.2 Å². The van der Waals surface area contributed by atoms with E-state index in [0.29, 0.717) is 12.8 Å². The standard InChI is InChI=1S/C68H108O6/c1-4-7-10-13-16-19-22-25-26-27-28-29-30-31-32-33-34-35-36-37-38-39-40-41-42-44-46-49-52-55-58-61-67(70)73-64-65(63-72-66(69)60-57-54-51-48-45-24-21-18-15-12-9-6-3)74-68(71)62-59-56-53-50-47-43-23-20-17-14-11-8-5-2/h7-8,10-11,16-17,19-20,25-26,28-29,31-32,34-35,37-38,40-41,43-44,46-47,65H,4-6,9,12-15,18,21-24,27,30,33,36,39,42,45,48-64H2,1-3H3/b10-7-,11-8-,19-16-,20-17-,26-25-,29-28-,32-31-,35-34-,38-37-,41-40-,46-44-,47-43-. The molecule has 6 nitrogen and oxygen atoms in total. The lowest BCUT2D eigenvalue weighted by Crippen LogP contribution is -2.30. The Hall–Kier alpha value is -4.71. The molecule has 0 N–H and O–H groups in total. The number of allylic oxidation sites excluding steroid dienone is 24. The first-order valence-corrected chi connectivity index (χ1v) is 29.8. The lowest BCUT2D eigenvalue weighted by molar-refractivity contribution is -0.167. The molecule has 1 atom stereocenters. The van der Waals surface area contributed by atoms with Crippen molar-refractivity contribution < 1.29 is 28.6 Å². The van der Waals surface area contributed by atoms with Crippen LogP contribution in [-0.4, -0.2) is 37.2 Å². The Morgan fingerprint density at radius 2 is 0.527 bits per heavy atom. The maximum Gasteiger partial charge on any atom is 0.306 e. The number of hydrogen-bond donors (Lipinski definition) is 0. The SMILES string of the molecule is CC/C=C\C/C=C\C/C=C\C/C=C\C/C=C\C/C=C\C/C=C\C/C=C\C/C=C\CCCCCC(=O)OCC(COC(=O)CCCCCCCCCCCCCC)OC(=O)CCCCC/C=C\C/C=C\C/C=C\CC. The third-order valence-corrected chi connectivity index (χ3v) is 12.1. The highest BCUT2D eigenvalue weighted by Crippen LogP contribution is 2.14. The molecule has 0 radical (unpaired) electrons. The molecule has 0 aromatic rings. The van der Waals surface area contributed by atoms with Gasteiger partial charge in [-0.25, -0.2) is 0 Å². The van der Waals surface area contributed by atoms with Crippen LogP contribution in [-0.2, 0) is 28.6 Å². The highest BCUT2D eigenvalue weighted by molar-refractivity contribution is 5.71. The Morgan fingerprint density at radius 1 is 0.284 bits per heavy atom. The van der Waals surface area contributed by atoms with Crippen LogP contribution < -0.4 is 0 Å². The van der Waals surface area contributed by atoms with Gasteiger partial charge in [0.05, 0.1) is 0 Å². The minimum Gasteiger partial charge on any atom is -0.462 e. The van der Waals surface area contributed by atoms with E-state index in [9.17, 15) is 14.4 Å². The molecule has 0 aromatic heterocycles. The fourth-order valence-electron chi connectivity index (χ4n) is 7.68. The summed E-state index contributed by atoms with van der Waals surface area (Å²) in [5, 5.41) is 0. The number of esters is 3. The van der Waals surface area contributed by atoms with Crippen molar-refractivity contribution in [3.8, 4) is 0 Å². The zero-order valence-corrected chi connectivity index (χ0v) is 47.5. The zero-order chi connectivity index (χ0) is 53.6. The van der Waals surface area contributed by atoms with E-state index in [1.807, 2.05) is 0 Å². The molecule has 0 aliphatic rings. The molecule has 0 aromatic carbocycles. The monoisotopic (exact) mass is 1020 g/mol. The molecule has 0 saturated heterocycles. The van der Waals surface area contributed by atoms with Crippen molar-refractivity contribution in [1.29, 1.82) is 0 Å². The third kappa shape index (κ3) is 58.2. The maximum atomic E-state index is 12.8. The van der Waals surface area contributed by atoms with Gasteiger partial charge in [0, 0.05) is 19.3 Å². The van der Waals surface area contributed by atoms with Gasteiger partial charge in [-0.15, -0.1) is 0 Å². The Balaban J connectivity index is 4.36. The van der Waals surface area contributed by atoms with Gasteiger partial charge in [0.1, 0.15) is 13.2 Å². The largest absolute Gasteiger partial charge is 0.462 e. The van der Waals surface area contributed by atoms with Crippen LogP contribution in [0.2, 0.25) is 0 Å². The van der Waals surface area contributed by atoms with Gasteiger partial charge in [-0.2, -0.15) is 0 Å². The summed E-state index contributed by atoms with van der Waals surface area (Å²) in [5.41, 5.74) is 0. The summed E-state index contributed by atoms with van der Waals surface area (Å²) in [6.07, 6.45) is 87.1. The minimum atomic E-state index is -0.811. The van der Waals surface area contributed by atoms with E-state index in [0.717, 1.165) is 148 Å². The highest BCUT2D eigenvalue weighted by atomic mass is 16.6. The van der Waals surface area contributed by atoms with Crippen LogP contribution in [0.3, 0.4) is 0 Å². The van der Waals surface area contributed by atoms with E-state index < -0.39 is 6.10 Å². The van der Waals surface area contributed by atoms with Crippen LogP contribution in [0.1, 0.15) is 245 Å². The molecule has 0 rings (SSSR count). The van der Waals surface area contributed by atoms with E-state index in [1.165, 1.54) is 57.8 Å². The topological polar surface area (TPSA) is 78.9 Å². The molecule has 0 aliphatic heterocycles. The fourth-order valence-corrected chi connectivity index (χ4v) is 7.68. The van der Waals surface area contributed by atoms with Gasteiger partial charge in [0.15, 0.2) is 6.10 Å². The van der Waals surface area contributed by atoms with Gasteiger partial charge in [-0.3, -0.25) is 14.4 Å². The summed E-state index contributed by atoms with van der Waals surface area (Å²) < 4.78 is 16.8. The van der Waals surface area contributed by atoms with E-state index in [2.05, 4.69) is 167 Å². The average Bonchev–Trinajstić information content (AvgIpc) is 3.40. The molecule has 0 bridgehead atoms. The molecule has 0 saturated carbocycles. The first-order chi connectivity index (χ1) is 36.5. The third-order valence-electron chi connectivity index (χ3n) is 12.1. The fraction of sp³-hybridized carbons (Fsp3) is 0.603. The van der Waals surface area contributed by atoms with E-state index in [1.54, 1.807) is 0 Å². The van der Waals surface area contributed by atoms with Gasteiger partial charge in [-0.05, 0) is 122 Å². The Kier molecular flexibility index (Phi) is 57.0. The molecular weight excluding hydrogens is 913 g/mol. The van der Waals surface area contributed by atoms with E-state index >= 15 is 0 Å². The number of unbranched alkanes of at least 4 members (excludes halogenated alkanes) is 17. The molecule has 0 aliphatic carbocycles. The van der Waals surface area contributed by atoms with Crippen LogP contribution >= 0.6 is 0 Å². The lowest BCUT2D eigenvalue weighted by atomic mass is 10.0. The molecule has 1 unspecified atom stereocenters. The summed E-state index contributed by atoms with van der Waals surface area (Å²) in [5.74, 6) is -0.973. The van der Waals surface area contributed by atoms with Crippen molar-refractivity contribution in [3.63, 3.8) is 0 Å². The smallest absolute Gasteiger partial charge is 0.306 e. The van der Waals surface area contributed by atoms with Crippen LogP contribution in [0.25, 0.3) is 0 Å².